The molecule has 0 aliphatic rings. The lowest BCUT2D eigenvalue weighted by Gasteiger charge is -2.06. The summed E-state index contributed by atoms with van der Waals surface area (Å²) >= 11 is 5.98. The fourth-order valence-corrected chi connectivity index (χ4v) is 2.56. The Balaban J connectivity index is 1.73. The quantitative estimate of drug-likeness (QED) is 0.794. The second-order valence-corrected chi connectivity index (χ2v) is 5.24. The number of aromatic nitrogens is 2. The molecule has 0 radical (unpaired) electrons. The van der Waals surface area contributed by atoms with Crippen LogP contribution in [0.3, 0.4) is 0 Å². The fourth-order valence-electron chi connectivity index (χ4n) is 2.35. The zero-order valence-electron chi connectivity index (χ0n) is 11.3. The van der Waals surface area contributed by atoms with Crippen molar-refractivity contribution in [1.82, 2.24) is 14.7 Å². The summed E-state index contributed by atoms with van der Waals surface area (Å²) in [5.41, 5.74) is 4.44. The first-order valence-electron chi connectivity index (χ1n) is 6.62. The molecule has 3 aromatic rings. The highest BCUT2D eigenvalue weighted by molar-refractivity contribution is 6.30. The average Bonchev–Trinajstić information content (AvgIpc) is 2.75. The number of fused-ring (bicyclic) bond motifs is 1. The maximum atomic E-state index is 5.98. The first-order chi connectivity index (χ1) is 9.74. The fraction of sp³-hybridized carbons (Fsp3) is 0.188. The molecule has 0 unspecified atom stereocenters. The van der Waals surface area contributed by atoms with Crippen molar-refractivity contribution in [3.63, 3.8) is 0 Å². The van der Waals surface area contributed by atoms with Gasteiger partial charge < -0.3 is 9.72 Å². The molecule has 0 aliphatic carbocycles. The van der Waals surface area contributed by atoms with Crippen molar-refractivity contribution in [2.24, 2.45) is 0 Å². The van der Waals surface area contributed by atoms with Crippen LogP contribution < -0.4 is 5.32 Å². The zero-order chi connectivity index (χ0) is 13.9. The summed E-state index contributed by atoms with van der Waals surface area (Å²) in [5, 5.41) is 4.22. The molecule has 4 heteroatoms. The van der Waals surface area contributed by atoms with Gasteiger partial charge in [0.1, 0.15) is 5.65 Å². The minimum absolute atomic E-state index is 0.773. The molecule has 0 spiro atoms. The van der Waals surface area contributed by atoms with Crippen LogP contribution in [-0.2, 0) is 13.1 Å². The van der Waals surface area contributed by atoms with E-state index in [0.717, 1.165) is 29.5 Å². The normalized spacial score (nSPS) is 11.1. The van der Waals surface area contributed by atoms with E-state index in [1.165, 1.54) is 11.3 Å². The second kappa shape index (κ2) is 5.65. The van der Waals surface area contributed by atoms with Gasteiger partial charge in [-0.05, 0) is 36.8 Å². The lowest BCUT2D eigenvalue weighted by Crippen LogP contribution is -2.14. The third-order valence-electron chi connectivity index (χ3n) is 3.34. The second-order valence-electron chi connectivity index (χ2n) is 4.81. The summed E-state index contributed by atoms with van der Waals surface area (Å²) in [6.07, 6.45) is 2.05. The van der Waals surface area contributed by atoms with E-state index in [4.69, 9.17) is 11.6 Å². The lowest BCUT2D eigenvalue weighted by molar-refractivity contribution is 0.672. The molecule has 0 saturated heterocycles. The van der Waals surface area contributed by atoms with Gasteiger partial charge in [-0.3, -0.25) is 0 Å². The lowest BCUT2D eigenvalue weighted by atomic mass is 10.2. The monoisotopic (exact) mass is 285 g/mol. The Morgan fingerprint density at radius 3 is 2.90 bits per heavy atom. The third kappa shape index (κ3) is 2.69. The number of halogens is 1. The van der Waals surface area contributed by atoms with Gasteiger partial charge in [0.2, 0.25) is 0 Å². The number of pyridine rings is 1. The smallest absolute Gasteiger partial charge is 0.137 e. The molecule has 3 rings (SSSR count). The Labute approximate surface area is 123 Å². The predicted octanol–water partition coefficient (Wildman–Crippen LogP) is 3.59. The van der Waals surface area contributed by atoms with Crippen LogP contribution in [-0.4, -0.2) is 9.38 Å². The Morgan fingerprint density at radius 2 is 2.05 bits per heavy atom. The van der Waals surface area contributed by atoms with E-state index >= 15 is 0 Å². The summed E-state index contributed by atoms with van der Waals surface area (Å²) < 4.78 is 2.13. The van der Waals surface area contributed by atoms with Crippen LogP contribution in [0.5, 0.6) is 0 Å². The van der Waals surface area contributed by atoms with Gasteiger partial charge in [0, 0.05) is 24.3 Å². The van der Waals surface area contributed by atoms with Gasteiger partial charge in [-0.1, -0.05) is 29.8 Å². The summed E-state index contributed by atoms with van der Waals surface area (Å²) in [7, 11) is 0. The molecule has 0 fully saturated rings. The molecule has 20 heavy (non-hydrogen) atoms. The molecule has 1 aromatic carbocycles. The summed E-state index contributed by atoms with van der Waals surface area (Å²) in [4.78, 5) is 4.55. The molecule has 0 atom stereocenters. The minimum atomic E-state index is 0.773. The molecule has 0 amide bonds. The maximum absolute atomic E-state index is 5.98. The van der Waals surface area contributed by atoms with Crippen molar-refractivity contribution in [3.05, 3.63) is 70.6 Å². The Morgan fingerprint density at radius 1 is 1.15 bits per heavy atom. The molecule has 3 nitrogen and oxygen atoms in total. The molecular weight excluding hydrogens is 270 g/mol. The zero-order valence-corrected chi connectivity index (χ0v) is 12.1. The van der Waals surface area contributed by atoms with E-state index < -0.39 is 0 Å². The Kier molecular flexibility index (Phi) is 3.72. The number of hydrogen-bond donors (Lipinski definition) is 1. The molecule has 102 valence electrons. The Hall–Kier alpha value is -1.84. The highest BCUT2D eigenvalue weighted by atomic mass is 35.5. The Bertz CT molecular complexity index is 733. The summed E-state index contributed by atoms with van der Waals surface area (Å²) in [5.74, 6) is 0. The van der Waals surface area contributed by atoms with Gasteiger partial charge in [-0.2, -0.15) is 0 Å². The van der Waals surface area contributed by atoms with Crippen LogP contribution in [0.1, 0.15) is 17.0 Å². The molecule has 2 heterocycles. The molecule has 0 aliphatic heterocycles. The molecule has 0 bridgehead atoms. The van der Waals surface area contributed by atoms with Crippen LogP contribution in [0, 0.1) is 6.92 Å². The number of nitrogens with zero attached hydrogens (tertiary/aromatic N) is 2. The molecule has 1 N–H and O–H groups in total. The van der Waals surface area contributed by atoms with Gasteiger partial charge in [-0.25, -0.2) is 4.98 Å². The number of hydrogen-bond acceptors (Lipinski definition) is 2. The highest BCUT2D eigenvalue weighted by Crippen LogP contribution is 2.13. The van der Waals surface area contributed by atoms with Crippen LogP contribution in [0.15, 0.2) is 48.7 Å². The van der Waals surface area contributed by atoms with Crippen molar-refractivity contribution < 1.29 is 0 Å². The van der Waals surface area contributed by atoms with E-state index in [9.17, 15) is 0 Å². The largest absolute Gasteiger partial charge is 0.307 e. The van der Waals surface area contributed by atoms with Crippen LogP contribution >= 0.6 is 11.6 Å². The van der Waals surface area contributed by atoms with Gasteiger partial charge in [0.25, 0.3) is 0 Å². The average molecular weight is 286 g/mol. The maximum Gasteiger partial charge on any atom is 0.137 e. The number of imidazole rings is 1. The first-order valence-corrected chi connectivity index (χ1v) is 6.99. The van der Waals surface area contributed by atoms with Crippen LogP contribution in [0.4, 0.5) is 0 Å². The minimum Gasteiger partial charge on any atom is -0.307 e. The van der Waals surface area contributed by atoms with Gasteiger partial charge in [0.15, 0.2) is 0 Å². The van der Waals surface area contributed by atoms with Crippen molar-refractivity contribution in [2.75, 3.05) is 0 Å². The number of rotatable bonds is 4. The van der Waals surface area contributed by atoms with E-state index in [2.05, 4.69) is 20.8 Å². The van der Waals surface area contributed by atoms with E-state index in [0.29, 0.717) is 0 Å². The molecule has 2 aromatic heterocycles. The van der Waals surface area contributed by atoms with Gasteiger partial charge in [-0.15, -0.1) is 0 Å². The van der Waals surface area contributed by atoms with Crippen LogP contribution in [0.2, 0.25) is 5.02 Å². The highest BCUT2D eigenvalue weighted by Gasteiger charge is 2.07. The molecular formula is C16H16ClN3. The number of nitrogens with one attached hydrogen (secondary N) is 1. The van der Waals surface area contributed by atoms with Crippen molar-refractivity contribution in [3.8, 4) is 0 Å². The summed E-state index contributed by atoms with van der Waals surface area (Å²) in [6.45, 7) is 3.62. The van der Waals surface area contributed by atoms with E-state index in [1.54, 1.807) is 0 Å². The van der Waals surface area contributed by atoms with Gasteiger partial charge >= 0.3 is 0 Å². The SMILES string of the molecule is Cc1nc2ccccn2c1CNCc1cccc(Cl)c1. The molecule has 0 saturated carbocycles. The first kappa shape index (κ1) is 13.2. The van der Waals surface area contributed by atoms with Gasteiger partial charge in [0.05, 0.1) is 11.4 Å². The third-order valence-corrected chi connectivity index (χ3v) is 3.57. The van der Waals surface area contributed by atoms with Crippen molar-refractivity contribution >= 4 is 17.2 Å². The van der Waals surface area contributed by atoms with Crippen molar-refractivity contribution in [1.29, 1.82) is 0 Å². The topological polar surface area (TPSA) is 29.3 Å². The number of aryl methyl sites for hydroxylation is 1. The van der Waals surface area contributed by atoms with Crippen molar-refractivity contribution in [2.45, 2.75) is 20.0 Å². The number of benzene rings is 1. The van der Waals surface area contributed by atoms with E-state index in [-0.39, 0.29) is 0 Å². The standard InChI is InChI=1S/C16H16ClN3/c1-12-15(20-8-3-2-7-16(20)19-12)11-18-10-13-5-4-6-14(17)9-13/h2-9,18H,10-11H2,1H3. The van der Waals surface area contributed by atoms with E-state index in [1.807, 2.05) is 49.5 Å². The summed E-state index contributed by atoms with van der Waals surface area (Å²) in [6, 6.07) is 14.0. The van der Waals surface area contributed by atoms with Crippen LogP contribution in [0.25, 0.3) is 5.65 Å². The predicted molar refractivity (Wildman–Crippen MR) is 81.9 cm³/mol.